The smallest absolute Gasteiger partial charge is 0.334 e. The number of anilines is 1. The quantitative estimate of drug-likeness (QED) is 0.354. The highest BCUT2D eigenvalue weighted by molar-refractivity contribution is 5.91. The molecule has 12 heteroatoms. The lowest BCUT2D eigenvalue weighted by Crippen LogP contribution is -2.76. The molecule has 212 valence electrons. The Morgan fingerprint density at radius 3 is 2.56 bits per heavy atom. The summed E-state index contributed by atoms with van der Waals surface area (Å²) in [7, 11) is 0. The number of carbonyl (C=O) groups is 3. The molecule has 0 bridgehead atoms. The Morgan fingerprint density at radius 1 is 1.10 bits per heavy atom. The first-order valence-corrected chi connectivity index (χ1v) is 13.3. The number of aromatic nitrogens is 2. The molecule has 2 aromatic carbocycles. The van der Waals surface area contributed by atoms with Crippen LogP contribution in [0.4, 0.5) is 10.7 Å². The molecular weight excluding hydrogens is 524 g/mol. The lowest BCUT2D eigenvalue weighted by atomic mass is 9.98. The predicted octanol–water partition coefficient (Wildman–Crippen LogP) is 1.50. The van der Waals surface area contributed by atoms with Gasteiger partial charge in [0.05, 0.1) is 25.3 Å². The number of nitrogen functional groups attached to an aromatic ring is 1. The Kier molecular flexibility index (Phi) is 8.11. The molecule has 0 unspecified atom stereocenters. The minimum Gasteiger partial charge on any atom is -0.508 e. The first kappa shape index (κ1) is 27.6. The average Bonchev–Trinajstić information content (AvgIpc) is 2.96. The van der Waals surface area contributed by atoms with Gasteiger partial charge in [0.1, 0.15) is 18.0 Å². The largest absolute Gasteiger partial charge is 0.508 e. The van der Waals surface area contributed by atoms with Crippen LogP contribution in [-0.4, -0.2) is 84.6 Å². The summed E-state index contributed by atoms with van der Waals surface area (Å²) in [6.45, 7) is 4.44. The van der Waals surface area contributed by atoms with Crippen LogP contribution in [0.5, 0.6) is 5.75 Å². The van der Waals surface area contributed by atoms with E-state index in [-0.39, 0.29) is 56.1 Å². The third-order valence-electron chi connectivity index (χ3n) is 7.11. The number of amides is 4. The average molecular weight is 557 g/mol. The molecule has 2 saturated heterocycles. The van der Waals surface area contributed by atoms with Crippen LogP contribution in [0.25, 0.3) is 0 Å². The topological polar surface area (TPSA) is 148 Å². The molecule has 2 atom stereocenters. The van der Waals surface area contributed by atoms with Gasteiger partial charge in [-0.15, -0.1) is 6.58 Å². The minimum absolute atomic E-state index is 0.0625. The summed E-state index contributed by atoms with van der Waals surface area (Å²) in [6, 6.07) is 16.4. The van der Waals surface area contributed by atoms with E-state index in [1.54, 1.807) is 34.2 Å². The highest BCUT2D eigenvalue weighted by Crippen LogP contribution is 2.29. The van der Waals surface area contributed by atoms with E-state index >= 15 is 0 Å². The zero-order valence-electron chi connectivity index (χ0n) is 22.5. The lowest BCUT2D eigenvalue weighted by Gasteiger charge is -2.55. The van der Waals surface area contributed by atoms with Crippen molar-refractivity contribution in [1.29, 1.82) is 0 Å². The maximum atomic E-state index is 13.9. The van der Waals surface area contributed by atoms with Crippen molar-refractivity contribution >= 4 is 23.8 Å². The van der Waals surface area contributed by atoms with E-state index in [1.807, 2.05) is 30.3 Å². The molecule has 0 aliphatic carbocycles. The van der Waals surface area contributed by atoms with Crippen molar-refractivity contribution < 1.29 is 19.5 Å². The Balaban J connectivity index is 1.49. The van der Waals surface area contributed by atoms with Gasteiger partial charge >= 0.3 is 6.03 Å². The number of urea groups is 1. The van der Waals surface area contributed by atoms with Gasteiger partial charge in [0.15, 0.2) is 0 Å². The third kappa shape index (κ3) is 6.12. The molecule has 3 aromatic rings. The van der Waals surface area contributed by atoms with Crippen molar-refractivity contribution in [2.75, 3.05) is 25.4 Å². The summed E-state index contributed by atoms with van der Waals surface area (Å²) in [6.07, 6.45) is 2.56. The number of phenols is 1. The molecule has 2 aliphatic heterocycles. The maximum Gasteiger partial charge on any atom is 0.334 e. The normalized spacial score (nSPS) is 19.2. The molecule has 12 nitrogen and oxygen atoms in total. The summed E-state index contributed by atoms with van der Waals surface area (Å²) in [4.78, 5) is 52.6. The van der Waals surface area contributed by atoms with Crippen LogP contribution in [0.15, 0.2) is 79.5 Å². The fourth-order valence-corrected chi connectivity index (χ4v) is 5.25. The van der Waals surface area contributed by atoms with E-state index in [2.05, 4.69) is 21.9 Å². The summed E-state index contributed by atoms with van der Waals surface area (Å²) in [5, 5.41) is 15.9. The van der Waals surface area contributed by atoms with Crippen LogP contribution in [0.1, 0.15) is 16.8 Å². The first-order valence-electron chi connectivity index (χ1n) is 13.3. The molecule has 2 aliphatic rings. The Hall–Kier alpha value is -4.97. The summed E-state index contributed by atoms with van der Waals surface area (Å²) < 4.78 is 0. The van der Waals surface area contributed by atoms with Crippen molar-refractivity contribution in [2.24, 2.45) is 0 Å². The Bertz CT molecular complexity index is 1420. The zero-order valence-corrected chi connectivity index (χ0v) is 22.5. The minimum atomic E-state index is -0.889. The van der Waals surface area contributed by atoms with Gasteiger partial charge in [-0.2, -0.15) is 0 Å². The van der Waals surface area contributed by atoms with Crippen molar-refractivity contribution in [3.05, 3.63) is 96.3 Å². The second-order valence-electron chi connectivity index (χ2n) is 9.92. The monoisotopic (exact) mass is 556 g/mol. The van der Waals surface area contributed by atoms with Crippen LogP contribution in [0.3, 0.4) is 0 Å². The van der Waals surface area contributed by atoms with Crippen LogP contribution in [-0.2, 0) is 29.1 Å². The van der Waals surface area contributed by atoms with Gasteiger partial charge in [0, 0.05) is 25.7 Å². The van der Waals surface area contributed by atoms with E-state index in [0.717, 1.165) is 11.1 Å². The number of nitrogens with one attached hydrogen (secondary N) is 1. The molecular formula is C29H32N8O4. The first-order chi connectivity index (χ1) is 19.8. The van der Waals surface area contributed by atoms with E-state index in [9.17, 15) is 19.5 Å². The van der Waals surface area contributed by atoms with Gasteiger partial charge in [-0.1, -0.05) is 48.5 Å². The highest BCUT2D eigenvalue weighted by atomic mass is 16.3. The number of fused-ring (bicyclic) bond motifs is 1. The van der Waals surface area contributed by atoms with Gasteiger partial charge in [-0.05, 0) is 29.3 Å². The number of phenolic OH excluding ortho intramolecular Hbond substituents is 1. The lowest BCUT2D eigenvalue weighted by molar-refractivity contribution is -0.189. The van der Waals surface area contributed by atoms with Gasteiger partial charge in [-0.3, -0.25) is 9.59 Å². The standard InChI is InChI=1S/C29H32N8O4/c1-2-14-35-19-26(39)36-24(15-20-8-10-23(38)11-9-20)27(40)34(17-22-12-13-31-28(30)33-22)18-25(36)37(35)29(41)32-16-21-6-4-3-5-7-21/h2-13,24-25,38H,1,14-19H2,(H,32,41)(H2,30,31,33)/t24-,25-/m0/s1. The number of hydrogen-bond donors (Lipinski definition) is 3. The number of nitrogens with two attached hydrogens (primary N) is 1. The fourth-order valence-electron chi connectivity index (χ4n) is 5.25. The molecule has 1 aromatic heterocycles. The Labute approximate surface area is 237 Å². The number of piperazine rings is 1. The molecule has 4 amide bonds. The number of aromatic hydroxyl groups is 1. The van der Waals surface area contributed by atoms with E-state index in [1.165, 1.54) is 28.2 Å². The Morgan fingerprint density at radius 2 is 1.85 bits per heavy atom. The van der Waals surface area contributed by atoms with Gasteiger partial charge in [0.2, 0.25) is 17.8 Å². The van der Waals surface area contributed by atoms with Crippen LogP contribution >= 0.6 is 0 Å². The fraction of sp³-hybridized carbons (Fsp3) is 0.276. The van der Waals surface area contributed by atoms with Crippen molar-refractivity contribution in [3.63, 3.8) is 0 Å². The van der Waals surface area contributed by atoms with Gasteiger partial charge < -0.3 is 26.0 Å². The van der Waals surface area contributed by atoms with Gasteiger partial charge in [0.25, 0.3) is 0 Å². The second kappa shape index (κ2) is 12.0. The van der Waals surface area contributed by atoms with Crippen molar-refractivity contribution in [1.82, 2.24) is 35.1 Å². The number of hydrogen-bond acceptors (Lipinski definition) is 8. The van der Waals surface area contributed by atoms with Crippen molar-refractivity contribution in [3.8, 4) is 5.75 Å². The molecule has 4 N–H and O–H groups in total. The summed E-state index contributed by atoms with van der Waals surface area (Å²) in [5.74, 6) is -0.366. The van der Waals surface area contributed by atoms with Crippen LogP contribution in [0.2, 0.25) is 0 Å². The summed E-state index contributed by atoms with van der Waals surface area (Å²) in [5.41, 5.74) is 8.00. The molecule has 0 spiro atoms. The van der Waals surface area contributed by atoms with Crippen LogP contribution in [0, 0.1) is 0 Å². The molecule has 5 rings (SSSR count). The van der Waals surface area contributed by atoms with E-state index in [0.29, 0.717) is 12.2 Å². The number of carbonyl (C=O) groups excluding carboxylic acids is 3. The second-order valence-corrected chi connectivity index (χ2v) is 9.92. The molecule has 0 radical (unpaired) electrons. The maximum absolute atomic E-state index is 13.9. The number of nitrogens with zero attached hydrogens (tertiary/aromatic N) is 6. The third-order valence-corrected chi connectivity index (χ3v) is 7.11. The van der Waals surface area contributed by atoms with Crippen molar-refractivity contribution in [2.45, 2.75) is 31.7 Å². The zero-order chi connectivity index (χ0) is 28.9. The van der Waals surface area contributed by atoms with E-state index < -0.39 is 18.2 Å². The predicted molar refractivity (Wildman–Crippen MR) is 150 cm³/mol. The van der Waals surface area contributed by atoms with Crippen LogP contribution < -0.4 is 11.1 Å². The summed E-state index contributed by atoms with van der Waals surface area (Å²) >= 11 is 0. The highest BCUT2D eigenvalue weighted by Gasteiger charge is 2.51. The molecule has 41 heavy (non-hydrogen) atoms. The molecule has 2 fully saturated rings. The number of benzene rings is 2. The van der Waals surface area contributed by atoms with Gasteiger partial charge in [-0.25, -0.2) is 24.8 Å². The SMILES string of the molecule is C=CCN1CC(=O)N2[C@@H](Cc3ccc(O)cc3)C(=O)N(Cc3ccnc(N)n3)C[C@@H]2N1C(=O)NCc1ccccc1. The molecule has 3 heterocycles. The molecule has 0 saturated carbocycles. The van der Waals surface area contributed by atoms with E-state index in [4.69, 9.17) is 5.73 Å². The number of hydrazine groups is 1. The number of rotatable bonds is 8.